The van der Waals surface area contributed by atoms with E-state index < -0.39 is 11.9 Å². The SMILES string of the molecule is O=C(O)CCC(=O)O.[CH2-]CCCCCCCCCCCC.[Na+]. The summed E-state index contributed by atoms with van der Waals surface area (Å²) in [6, 6.07) is 0. The van der Waals surface area contributed by atoms with Gasteiger partial charge in [-0.2, -0.15) is 6.42 Å². The van der Waals surface area contributed by atoms with Crippen molar-refractivity contribution in [3.8, 4) is 0 Å². The number of aliphatic carboxylic acids is 2. The van der Waals surface area contributed by atoms with E-state index in [0.29, 0.717) is 0 Å². The third-order valence-electron chi connectivity index (χ3n) is 3.16. The number of rotatable bonds is 13. The summed E-state index contributed by atoms with van der Waals surface area (Å²) in [5.41, 5.74) is 0. The average molecular weight is 324 g/mol. The summed E-state index contributed by atoms with van der Waals surface area (Å²) in [5, 5.41) is 15.8. The number of carboxylic acids is 2. The summed E-state index contributed by atoms with van der Waals surface area (Å²) in [4.78, 5) is 19.3. The summed E-state index contributed by atoms with van der Waals surface area (Å²) < 4.78 is 0. The van der Waals surface area contributed by atoms with Crippen LogP contribution < -0.4 is 29.6 Å². The van der Waals surface area contributed by atoms with Crippen LogP contribution in [-0.2, 0) is 9.59 Å². The van der Waals surface area contributed by atoms with E-state index in [4.69, 9.17) is 10.2 Å². The molecule has 4 nitrogen and oxygen atoms in total. The molecule has 0 spiro atoms. The number of carbonyl (C=O) groups is 2. The van der Waals surface area contributed by atoms with Crippen molar-refractivity contribution >= 4 is 11.9 Å². The van der Waals surface area contributed by atoms with Crippen LogP contribution in [0.25, 0.3) is 0 Å². The van der Waals surface area contributed by atoms with Crippen molar-refractivity contribution in [3.05, 3.63) is 6.92 Å². The molecule has 0 saturated heterocycles. The summed E-state index contributed by atoms with van der Waals surface area (Å²) >= 11 is 0. The molecule has 0 rings (SSSR count). The van der Waals surface area contributed by atoms with Crippen LogP contribution in [-0.4, -0.2) is 22.2 Å². The maximum atomic E-state index is 9.64. The predicted octanol–water partition coefficient (Wildman–Crippen LogP) is 2.07. The molecule has 2 N–H and O–H groups in total. The van der Waals surface area contributed by atoms with Crippen LogP contribution in [0.2, 0.25) is 0 Å². The molecule has 0 saturated carbocycles. The number of unbranched alkanes of at least 4 members (excludes halogenated alkanes) is 10. The Morgan fingerprint density at radius 3 is 1.32 bits per heavy atom. The van der Waals surface area contributed by atoms with Crippen molar-refractivity contribution < 1.29 is 49.4 Å². The van der Waals surface area contributed by atoms with Crippen LogP contribution in [0.5, 0.6) is 0 Å². The van der Waals surface area contributed by atoms with E-state index in [9.17, 15) is 9.59 Å². The second kappa shape index (κ2) is 23.2. The second-order valence-electron chi connectivity index (χ2n) is 5.32. The fraction of sp³-hybridized carbons (Fsp3) is 0.824. The van der Waals surface area contributed by atoms with Crippen LogP contribution in [0.15, 0.2) is 0 Å². The molecule has 0 aliphatic carbocycles. The third kappa shape index (κ3) is 32.0. The van der Waals surface area contributed by atoms with Crippen molar-refractivity contribution in [2.24, 2.45) is 0 Å². The summed E-state index contributed by atoms with van der Waals surface area (Å²) in [5.74, 6) is -2.15. The zero-order chi connectivity index (χ0) is 16.3. The molecule has 0 aliphatic heterocycles. The van der Waals surface area contributed by atoms with E-state index in [1.807, 2.05) is 0 Å². The van der Waals surface area contributed by atoms with Gasteiger partial charge in [0.2, 0.25) is 0 Å². The van der Waals surface area contributed by atoms with Crippen LogP contribution >= 0.6 is 0 Å². The zero-order valence-electron chi connectivity index (χ0n) is 14.6. The maximum absolute atomic E-state index is 9.64. The summed E-state index contributed by atoms with van der Waals surface area (Å²) in [6.07, 6.45) is 14.8. The first kappa shape index (κ1) is 26.8. The molecule has 0 amide bonds. The Morgan fingerprint density at radius 1 is 0.727 bits per heavy atom. The Balaban J connectivity index is -0.000000348. The van der Waals surface area contributed by atoms with Gasteiger partial charge >= 0.3 is 41.5 Å². The molecule has 0 aromatic heterocycles. The smallest absolute Gasteiger partial charge is 0.481 e. The van der Waals surface area contributed by atoms with Crippen molar-refractivity contribution in [2.45, 2.75) is 90.4 Å². The predicted molar refractivity (Wildman–Crippen MR) is 86.3 cm³/mol. The molecule has 0 heterocycles. The summed E-state index contributed by atoms with van der Waals surface area (Å²) in [6.45, 7) is 6.13. The van der Waals surface area contributed by atoms with Gasteiger partial charge in [0.1, 0.15) is 0 Å². The summed E-state index contributed by atoms with van der Waals surface area (Å²) in [7, 11) is 0. The Morgan fingerprint density at radius 2 is 1.05 bits per heavy atom. The Bertz CT molecular complexity index is 221. The fourth-order valence-corrected chi connectivity index (χ4v) is 1.88. The Hall–Kier alpha value is -0.0600. The van der Waals surface area contributed by atoms with Crippen molar-refractivity contribution in [1.82, 2.24) is 0 Å². The quantitative estimate of drug-likeness (QED) is 0.309. The van der Waals surface area contributed by atoms with Crippen molar-refractivity contribution in [2.75, 3.05) is 0 Å². The second-order valence-corrected chi connectivity index (χ2v) is 5.32. The number of carboxylic acid groups (broad SMARTS) is 2. The minimum Gasteiger partial charge on any atom is -0.481 e. The van der Waals surface area contributed by atoms with Gasteiger partial charge in [0, 0.05) is 0 Å². The topological polar surface area (TPSA) is 74.6 Å². The molecule has 126 valence electrons. The van der Waals surface area contributed by atoms with Gasteiger partial charge in [0.05, 0.1) is 12.8 Å². The van der Waals surface area contributed by atoms with Gasteiger partial charge in [-0.15, -0.1) is 0 Å². The third-order valence-corrected chi connectivity index (χ3v) is 3.16. The van der Waals surface area contributed by atoms with E-state index in [0.717, 1.165) is 6.42 Å². The first-order valence-electron chi connectivity index (χ1n) is 8.27. The normalized spacial score (nSPS) is 9.36. The molecule has 0 aromatic rings. The first-order chi connectivity index (χ1) is 10.0. The van der Waals surface area contributed by atoms with Crippen LogP contribution in [0, 0.1) is 6.92 Å². The molecule has 0 aliphatic rings. The molecule has 0 aromatic carbocycles. The number of hydrogen-bond donors (Lipinski definition) is 2. The average Bonchev–Trinajstić information content (AvgIpc) is 2.44. The van der Waals surface area contributed by atoms with Crippen LogP contribution in [0.1, 0.15) is 90.4 Å². The van der Waals surface area contributed by atoms with Crippen molar-refractivity contribution in [1.29, 1.82) is 0 Å². The van der Waals surface area contributed by atoms with E-state index in [1.54, 1.807) is 0 Å². The standard InChI is InChI=1S/C13H27.C4H6O4.Na/c1-3-5-7-9-11-13-12-10-8-6-4-2;5-3(6)1-2-4(7)8;/h1,3-13H2,2H3;1-2H2,(H,5,6)(H,7,8);/q-1;;+1. The van der Waals surface area contributed by atoms with Gasteiger partial charge in [-0.1, -0.05) is 71.1 Å². The van der Waals surface area contributed by atoms with Crippen molar-refractivity contribution in [3.63, 3.8) is 0 Å². The first-order valence-corrected chi connectivity index (χ1v) is 8.27. The largest absolute Gasteiger partial charge is 1.00 e. The molecule has 0 atom stereocenters. The van der Waals surface area contributed by atoms with E-state index >= 15 is 0 Å². The van der Waals surface area contributed by atoms with E-state index in [2.05, 4.69) is 13.8 Å². The molecular formula is C17H33NaO4. The maximum Gasteiger partial charge on any atom is 1.00 e. The molecule has 22 heavy (non-hydrogen) atoms. The minimum atomic E-state index is -1.08. The molecule has 0 radical (unpaired) electrons. The van der Waals surface area contributed by atoms with Crippen LogP contribution in [0.3, 0.4) is 0 Å². The van der Waals surface area contributed by atoms with Gasteiger partial charge in [-0.05, 0) is 0 Å². The van der Waals surface area contributed by atoms with E-state index in [-0.39, 0.29) is 42.4 Å². The van der Waals surface area contributed by atoms with E-state index in [1.165, 1.54) is 64.2 Å². The monoisotopic (exact) mass is 324 g/mol. The fourth-order valence-electron chi connectivity index (χ4n) is 1.88. The zero-order valence-corrected chi connectivity index (χ0v) is 16.6. The molecule has 0 unspecified atom stereocenters. The molecule has 0 bridgehead atoms. The van der Waals surface area contributed by atoms with Gasteiger partial charge in [0.25, 0.3) is 0 Å². The van der Waals surface area contributed by atoms with Gasteiger partial charge < -0.3 is 17.1 Å². The molecular weight excluding hydrogens is 291 g/mol. The minimum absolute atomic E-state index is 0. The molecule has 5 heteroatoms. The Labute approximate surface area is 158 Å². The van der Waals surface area contributed by atoms with Crippen LogP contribution in [0.4, 0.5) is 0 Å². The number of hydrogen-bond acceptors (Lipinski definition) is 2. The van der Waals surface area contributed by atoms with Gasteiger partial charge in [-0.3, -0.25) is 9.59 Å². The van der Waals surface area contributed by atoms with Gasteiger partial charge in [0.15, 0.2) is 0 Å². The van der Waals surface area contributed by atoms with Gasteiger partial charge in [-0.25, -0.2) is 0 Å². The molecule has 0 fully saturated rings. The Kier molecular flexibility index (Phi) is 28.3.